The third kappa shape index (κ3) is 5.10. The lowest BCUT2D eigenvalue weighted by atomic mass is 10.1. The molecule has 0 amide bonds. The summed E-state index contributed by atoms with van der Waals surface area (Å²) in [6.07, 6.45) is 0. The Labute approximate surface area is 194 Å². The van der Waals surface area contributed by atoms with Crippen LogP contribution in [-0.2, 0) is 19.6 Å². The molecule has 2 aromatic carbocycles. The number of hydrogen-bond acceptors (Lipinski definition) is 9. The number of benzene rings is 2. The number of carbonyl (C=O) groups excluding carboxylic acids is 2. The third-order valence-electron chi connectivity index (χ3n) is 4.73. The summed E-state index contributed by atoms with van der Waals surface area (Å²) in [6.45, 7) is -0.746. The van der Waals surface area contributed by atoms with Gasteiger partial charge in [0.25, 0.3) is 10.0 Å². The molecule has 1 aliphatic rings. The maximum atomic E-state index is 12.6. The van der Waals surface area contributed by atoms with Gasteiger partial charge in [-0.15, -0.1) is 11.3 Å². The van der Waals surface area contributed by atoms with Crippen molar-refractivity contribution in [2.24, 2.45) is 0 Å². The van der Waals surface area contributed by atoms with Crippen molar-refractivity contribution in [2.75, 3.05) is 31.4 Å². The molecule has 3 aromatic rings. The molecule has 0 spiro atoms. The average molecular weight is 490 g/mol. The lowest BCUT2D eigenvalue weighted by Gasteiger charge is -2.18. The van der Waals surface area contributed by atoms with Gasteiger partial charge in [0.15, 0.2) is 30.5 Å². The summed E-state index contributed by atoms with van der Waals surface area (Å²) >= 11 is 1.14. The summed E-state index contributed by atoms with van der Waals surface area (Å²) < 4.78 is 47.3. The number of esters is 1. The maximum Gasteiger partial charge on any atom is 0.344 e. The summed E-state index contributed by atoms with van der Waals surface area (Å²) in [7, 11) is -2.18. The molecule has 0 unspecified atom stereocenters. The van der Waals surface area contributed by atoms with Crippen LogP contribution >= 0.6 is 11.3 Å². The molecular weight excluding hydrogens is 470 g/mol. The highest BCUT2D eigenvalue weighted by molar-refractivity contribution is 7.94. The molecule has 0 N–H and O–H groups in total. The van der Waals surface area contributed by atoms with E-state index in [1.54, 1.807) is 47.8 Å². The number of fused-ring (bicyclic) bond motifs is 1. The highest BCUT2D eigenvalue weighted by Crippen LogP contribution is 2.32. The molecule has 33 heavy (non-hydrogen) atoms. The van der Waals surface area contributed by atoms with E-state index in [4.69, 9.17) is 18.9 Å². The lowest BCUT2D eigenvalue weighted by molar-refractivity contribution is -0.144. The van der Waals surface area contributed by atoms with Crippen molar-refractivity contribution in [1.29, 1.82) is 0 Å². The maximum absolute atomic E-state index is 12.6. The molecule has 11 heteroatoms. The topological polar surface area (TPSA) is 108 Å². The molecule has 0 atom stereocenters. The second-order valence-electron chi connectivity index (χ2n) is 6.84. The standard InChI is InChI=1S/C22H19NO8S2/c1-23(33(26,27)22-3-2-10-32-22)16-5-7-17(8-6-16)28-13-21(25)29-12-18(24)15-4-9-19-20(11-15)31-14-30-19/h2-11H,12-14H2,1H3. The molecule has 0 bridgehead atoms. The van der Waals surface area contributed by atoms with E-state index in [1.165, 1.54) is 23.5 Å². The fourth-order valence-electron chi connectivity index (χ4n) is 2.92. The van der Waals surface area contributed by atoms with Crippen molar-refractivity contribution < 1.29 is 37.0 Å². The molecule has 4 rings (SSSR count). The molecule has 0 saturated carbocycles. The van der Waals surface area contributed by atoms with Crippen molar-refractivity contribution >= 4 is 38.8 Å². The van der Waals surface area contributed by atoms with Gasteiger partial charge in [0.1, 0.15) is 9.96 Å². The molecule has 0 aliphatic carbocycles. The predicted molar refractivity (Wildman–Crippen MR) is 120 cm³/mol. The fraction of sp³-hybridized carbons (Fsp3) is 0.182. The molecule has 1 aromatic heterocycles. The van der Waals surface area contributed by atoms with E-state index in [1.807, 2.05) is 0 Å². The number of sulfonamides is 1. The van der Waals surface area contributed by atoms with E-state index >= 15 is 0 Å². The fourth-order valence-corrected chi connectivity index (χ4v) is 5.28. The highest BCUT2D eigenvalue weighted by Gasteiger charge is 2.22. The molecule has 9 nitrogen and oxygen atoms in total. The summed E-state index contributed by atoms with van der Waals surface area (Å²) in [5.41, 5.74) is 0.776. The number of ketones is 1. The smallest absolute Gasteiger partial charge is 0.344 e. The number of Topliss-reactive ketones (excluding diaryl/α,β-unsaturated/α-hetero) is 1. The molecular formula is C22H19NO8S2. The van der Waals surface area contributed by atoms with Crippen molar-refractivity contribution in [2.45, 2.75) is 4.21 Å². The zero-order valence-electron chi connectivity index (χ0n) is 17.4. The van der Waals surface area contributed by atoms with Gasteiger partial charge in [-0.05, 0) is 53.9 Å². The van der Waals surface area contributed by atoms with Crippen molar-refractivity contribution in [3.63, 3.8) is 0 Å². The second kappa shape index (κ2) is 9.51. The molecule has 0 radical (unpaired) electrons. The first-order valence-corrected chi connectivity index (χ1v) is 12.0. The number of thiophene rings is 1. The number of carbonyl (C=O) groups is 2. The van der Waals surface area contributed by atoms with Gasteiger partial charge in [0.05, 0.1) is 5.69 Å². The summed E-state index contributed by atoms with van der Waals surface area (Å²) in [6, 6.07) is 14.1. The second-order valence-corrected chi connectivity index (χ2v) is 9.98. The normalized spacial score (nSPS) is 12.3. The van der Waals surface area contributed by atoms with Gasteiger partial charge in [-0.1, -0.05) is 6.07 Å². The Hall–Kier alpha value is -3.57. The third-order valence-corrected chi connectivity index (χ3v) is 7.88. The van der Waals surface area contributed by atoms with E-state index in [9.17, 15) is 18.0 Å². The minimum absolute atomic E-state index is 0.0982. The van der Waals surface area contributed by atoms with Crippen LogP contribution in [0.15, 0.2) is 64.2 Å². The van der Waals surface area contributed by atoms with Crippen LogP contribution in [0.3, 0.4) is 0 Å². The predicted octanol–water partition coefficient (Wildman–Crippen LogP) is 3.11. The molecule has 2 heterocycles. The number of hydrogen-bond donors (Lipinski definition) is 0. The Kier molecular flexibility index (Phi) is 6.52. The average Bonchev–Trinajstić information content (AvgIpc) is 3.53. The molecule has 1 aliphatic heterocycles. The van der Waals surface area contributed by atoms with E-state index in [2.05, 4.69) is 0 Å². The number of nitrogens with zero attached hydrogens (tertiary/aromatic N) is 1. The first-order chi connectivity index (χ1) is 15.8. The molecule has 0 fully saturated rings. The minimum Gasteiger partial charge on any atom is -0.482 e. The van der Waals surface area contributed by atoms with Crippen molar-refractivity contribution in [1.82, 2.24) is 0 Å². The molecule has 0 saturated heterocycles. The van der Waals surface area contributed by atoms with E-state index in [-0.39, 0.29) is 16.8 Å². The van der Waals surface area contributed by atoms with Gasteiger partial charge >= 0.3 is 5.97 Å². The van der Waals surface area contributed by atoms with Crippen LogP contribution in [-0.4, -0.2) is 47.2 Å². The quantitative estimate of drug-likeness (QED) is 0.333. The van der Waals surface area contributed by atoms with E-state index < -0.39 is 29.2 Å². The highest BCUT2D eigenvalue weighted by atomic mass is 32.2. The minimum atomic E-state index is -3.64. The Morgan fingerprint density at radius 1 is 1.03 bits per heavy atom. The monoisotopic (exact) mass is 489 g/mol. The first-order valence-electron chi connectivity index (χ1n) is 9.68. The Balaban J connectivity index is 1.27. The Bertz CT molecular complexity index is 1250. The van der Waals surface area contributed by atoms with Crippen LogP contribution in [0.4, 0.5) is 5.69 Å². The zero-order chi connectivity index (χ0) is 23.4. The summed E-state index contributed by atoms with van der Waals surface area (Å²) in [5.74, 6) is 0.261. The lowest BCUT2D eigenvalue weighted by Crippen LogP contribution is -2.25. The van der Waals surface area contributed by atoms with Gasteiger partial charge in [0.2, 0.25) is 6.79 Å². The van der Waals surface area contributed by atoms with Crippen LogP contribution in [0.25, 0.3) is 0 Å². The van der Waals surface area contributed by atoms with Crippen molar-refractivity contribution in [3.8, 4) is 17.2 Å². The largest absolute Gasteiger partial charge is 0.482 e. The van der Waals surface area contributed by atoms with Crippen LogP contribution in [0.2, 0.25) is 0 Å². The van der Waals surface area contributed by atoms with Gasteiger partial charge in [-0.3, -0.25) is 9.10 Å². The van der Waals surface area contributed by atoms with Gasteiger partial charge in [-0.25, -0.2) is 13.2 Å². The SMILES string of the molecule is CN(c1ccc(OCC(=O)OCC(=O)c2ccc3c(c2)OCO3)cc1)S(=O)(=O)c1cccs1. The van der Waals surface area contributed by atoms with Crippen LogP contribution in [0, 0.1) is 0 Å². The summed E-state index contributed by atoms with van der Waals surface area (Å²) in [5, 5.41) is 1.69. The van der Waals surface area contributed by atoms with Gasteiger partial charge < -0.3 is 18.9 Å². The van der Waals surface area contributed by atoms with E-state index in [0.717, 1.165) is 11.3 Å². The number of anilines is 1. The van der Waals surface area contributed by atoms with Gasteiger partial charge in [0, 0.05) is 12.6 Å². The zero-order valence-corrected chi connectivity index (χ0v) is 19.1. The van der Waals surface area contributed by atoms with Crippen molar-refractivity contribution in [3.05, 3.63) is 65.5 Å². The van der Waals surface area contributed by atoms with E-state index in [0.29, 0.717) is 28.5 Å². The van der Waals surface area contributed by atoms with Crippen LogP contribution in [0.5, 0.6) is 17.2 Å². The summed E-state index contributed by atoms with van der Waals surface area (Å²) in [4.78, 5) is 24.2. The number of ether oxygens (including phenoxy) is 4. The van der Waals surface area contributed by atoms with Crippen LogP contribution < -0.4 is 18.5 Å². The first kappa shape index (κ1) is 22.6. The molecule has 172 valence electrons. The number of rotatable bonds is 9. The Morgan fingerprint density at radius 3 is 2.52 bits per heavy atom. The Morgan fingerprint density at radius 2 is 1.79 bits per heavy atom. The van der Waals surface area contributed by atoms with Crippen LogP contribution in [0.1, 0.15) is 10.4 Å². The van der Waals surface area contributed by atoms with Gasteiger partial charge in [-0.2, -0.15) is 0 Å².